The maximum Gasteiger partial charge on any atom is 0.303 e. The zero-order valence-corrected chi connectivity index (χ0v) is 26.2. The summed E-state index contributed by atoms with van der Waals surface area (Å²) in [5.74, 6) is -0.443. The zero-order chi connectivity index (χ0) is 31.0. The Morgan fingerprint density at radius 3 is 2.42 bits per heavy atom. The number of rotatable bonds is 9. The summed E-state index contributed by atoms with van der Waals surface area (Å²) < 4.78 is 28.1. The Kier molecular flexibility index (Phi) is 10.9. The van der Waals surface area contributed by atoms with Crippen LogP contribution >= 0.6 is 0 Å². The average Bonchev–Trinajstić information content (AvgIpc) is 3.00. The minimum Gasteiger partial charge on any atom is -0.351 e. The van der Waals surface area contributed by atoms with E-state index in [0.29, 0.717) is 30.8 Å². The first-order valence-corrected chi connectivity index (χ1v) is 16.0. The molecule has 1 aliphatic rings. The van der Waals surface area contributed by atoms with Crippen LogP contribution in [0, 0.1) is 0 Å². The number of hydrogen-bond acceptors (Lipinski definition) is 6. The van der Waals surface area contributed by atoms with Gasteiger partial charge in [0.1, 0.15) is 0 Å². The minimum atomic E-state index is -3.73. The van der Waals surface area contributed by atoms with Crippen LogP contribution in [0.25, 0.3) is 0 Å². The number of carbonyl (C=O) groups is 2. The largest absolute Gasteiger partial charge is 0.351 e. The number of aryl methyl sites for hydroxylation is 2. The van der Waals surface area contributed by atoms with Crippen molar-refractivity contribution >= 4 is 27.7 Å². The van der Waals surface area contributed by atoms with Crippen LogP contribution < -0.4 is 20.3 Å². The maximum absolute atomic E-state index is 13.7. The third kappa shape index (κ3) is 8.85. The number of anilines is 1. The van der Waals surface area contributed by atoms with Gasteiger partial charge < -0.3 is 16.0 Å². The third-order valence-electron chi connectivity index (χ3n) is 7.68. The fraction of sp³-hybridized carbons (Fsp3) is 0.406. The normalized spacial score (nSPS) is 16.6. The Morgan fingerprint density at radius 1 is 1.00 bits per heavy atom. The van der Waals surface area contributed by atoms with Gasteiger partial charge in [-0.25, -0.2) is 0 Å². The number of pyridine rings is 1. The lowest BCUT2D eigenvalue weighted by molar-refractivity contribution is -0.122. The quantitative estimate of drug-likeness (QED) is 0.344. The van der Waals surface area contributed by atoms with Gasteiger partial charge in [-0.15, -0.1) is 0 Å². The second-order valence-corrected chi connectivity index (χ2v) is 13.4. The smallest absolute Gasteiger partial charge is 0.303 e. The van der Waals surface area contributed by atoms with Crippen molar-refractivity contribution < 1.29 is 18.0 Å². The van der Waals surface area contributed by atoms with Crippen LogP contribution in [0.4, 0.5) is 5.69 Å². The summed E-state index contributed by atoms with van der Waals surface area (Å²) in [6.07, 6.45) is 7.47. The molecule has 0 saturated carbocycles. The lowest BCUT2D eigenvalue weighted by Crippen LogP contribution is -2.49. The predicted octanol–water partition coefficient (Wildman–Crippen LogP) is 2.84. The molecule has 0 unspecified atom stereocenters. The zero-order valence-electron chi connectivity index (χ0n) is 25.3. The van der Waals surface area contributed by atoms with E-state index < -0.39 is 16.3 Å². The minimum absolute atomic E-state index is 0.145. The number of aromatic nitrogens is 1. The summed E-state index contributed by atoms with van der Waals surface area (Å²) in [6.45, 7) is 2.56. The van der Waals surface area contributed by atoms with Crippen molar-refractivity contribution in [2.24, 2.45) is 0 Å². The van der Waals surface area contributed by atoms with Gasteiger partial charge in [0.05, 0.1) is 11.7 Å². The molecule has 0 aliphatic carbocycles. The molecule has 2 atom stereocenters. The molecule has 0 fully saturated rings. The molecule has 0 saturated heterocycles. The molecule has 1 aliphatic heterocycles. The van der Waals surface area contributed by atoms with Crippen molar-refractivity contribution in [3.8, 4) is 0 Å². The van der Waals surface area contributed by atoms with E-state index in [1.54, 1.807) is 25.4 Å². The van der Waals surface area contributed by atoms with Crippen LogP contribution in [0.5, 0.6) is 0 Å². The Morgan fingerprint density at radius 2 is 1.70 bits per heavy atom. The molecule has 3 aromatic rings. The molecular weight excluding hydrogens is 564 g/mol. The second kappa shape index (κ2) is 14.6. The van der Waals surface area contributed by atoms with Gasteiger partial charge in [-0.2, -0.15) is 12.7 Å². The standard InChI is InChI=1S/C32H42N6O4S/c1-23(31(39)35-21-25-12-14-33-15-13-25)34-22-29-18-26-11-7-10-24(16-26)8-5-6-9-27-17-28(32(40)36-29)20-30(19-27)38(4)43(41,42)37(2)3/h7,10-17,19-20,23,29,34H,5-6,8-9,18,21-22H2,1-4H3,(H,35,39)(H,36,40)/t23-,29+/m0/s1. The van der Waals surface area contributed by atoms with E-state index >= 15 is 0 Å². The van der Waals surface area contributed by atoms with Crippen LogP contribution in [0.1, 0.15) is 52.4 Å². The van der Waals surface area contributed by atoms with E-state index in [4.69, 9.17) is 0 Å². The van der Waals surface area contributed by atoms with Gasteiger partial charge in [0.2, 0.25) is 5.91 Å². The van der Waals surface area contributed by atoms with Crippen LogP contribution in [-0.4, -0.2) is 69.3 Å². The molecule has 2 aromatic carbocycles. The van der Waals surface area contributed by atoms with E-state index in [0.717, 1.165) is 46.7 Å². The van der Waals surface area contributed by atoms with Crippen molar-refractivity contribution in [2.45, 2.75) is 57.7 Å². The third-order valence-corrected chi connectivity index (χ3v) is 9.51. The van der Waals surface area contributed by atoms with Gasteiger partial charge in [-0.1, -0.05) is 24.3 Å². The number of fused-ring (bicyclic) bond motifs is 4. The van der Waals surface area contributed by atoms with Crippen molar-refractivity contribution in [3.05, 3.63) is 94.8 Å². The van der Waals surface area contributed by atoms with Crippen LogP contribution in [-0.2, 0) is 40.8 Å². The van der Waals surface area contributed by atoms with Gasteiger partial charge in [0.15, 0.2) is 0 Å². The summed E-state index contributed by atoms with van der Waals surface area (Å²) in [4.78, 5) is 30.5. The molecule has 0 spiro atoms. The number of benzene rings is 2. The molecule has 1 aromatic heterocycles. The van der Waals surface area contributed by atoms with Gasteiger partial charge in [0, 0.05) is 58.2 Å². The van der Waals surface area contributed by atoms with Crippen molar-refractivity contribution in [1.82, 2.24) is 25.2 Å². The highest BCUT2D eigenvalue weighted by Crippen LogP contribution is 2.24. The summed E-state index contributed by atoms with van der Waals surface area (Å²) in [5.41, 5.74) is 5.03. The molecule has 10 nitrogen and oxygen atoms in total. The first kappa shape index (κ1) is 32.1. The number of carbonyl (C=O) groups excluding carboxylic acids is 2. The van der Waals surface area contributed by atoms with Gasteiger partial charge in [0.25, 0.3) is 5.91 Å². The summed E-state index contributed by atoms with van der Waals surface area (Å²) >= 11 is 0. The molecule has 0 radical (unpaired) electrons. The fourth-order valence-electron chi connectivity index (χ4n) is 5.06. The summed E-state index contributed by atoms with van der Waals surface area (Å²) in [7, 11) is 0.721. The Hall–Kier alpha value is -3.80. The van der Waals surface area contributed by atoms with E-state index in [2.05, 4.69) is 39.1 Å². The van der Waals surface area contributed by atoms with Gasteiger partial charge in [-0.05, 0) is 91.6 Å². The van der Waals surface area contributed by atoms with Crippen LogP contribution in [0.2, 0.25) is 0 Å². The van der Waals surface area contributed by atoms with Crippen molar-refractivity contribution in [3.63, 3.8) is 0 Å². The average molecular weight is 607 g/mol. The molecule has 3 N–H and O–H groups in total. The molecule has 2 heterocycles. The second-order valence-electron chi connectivity index (χ2n) is 11.3. The van der Waals surface area contributed by atoms with Gasteiger partial charge in [-0.3, -0.25) is 18.9 Å². The molecule has 11 heteroatoms. The van der Waals surface area contributed by atoms with Crippen LogP contribution in [0.3, 0.4) is 0 Å². The summed E-state index contributed by atoms with van der Waals surface area (Å²) in [6, 6.07) is 16.6. The highest BCUT2D eigenvalue weighted by atomic mass is 32.2. The van der Waals surface area contributed by atoms with E-state index in [1.165, 1.54) is 31.0 Å². The Bertz CT molecular complexity index is 1510. The van der Waals surface area contributed by atoms with Crippen molar-refractivity contribution in [2.75, 3.05) is 32.0 Å². The molecule has 230 valence electrons. The molecule has 4 rings (SSSR count). The lowest BCUT2D eigenvalue weighted by Gasteiger charge is -2.25. The predicted molar refractivity (Wildman–Crippen MR) is 169 cm³/mol. The molecule has 4 bridgehead atoms. The number of nitrogens with zero attached hydrogens (tertiary/aromatic N) is 3. The van der Waals surface area contributed by atoms with Gasteiger partial charge >= 0.3 is 10.2 Å². The molecule has 43 heavy (non-hydrogen) atoms. The van der Waals surface area contributed by atoms with Crippen molar-refractivity contribution in [1.29, 1.82) is 0 Å². The van der Waals surface area contributed by atoms with E-state index in [1.807, 2.05) is 30.3 Å². The van der Waals surface area contributed by atoms with E-state index in [-0.39, 0.29) is 17.9 Å². The topological polar surface area (TPSA) is 124 Å². The SMILES string of the molecule is C[C@H](NC[C@H]1Cc2cccc(c2)CCCCc2cc(cc(N(C)S(=O)(=O)N(C)C)c2)C(=O)N1)C(=O)NCc1ccncc1. The lowest BCUT2D eigenvalue weighted by atomic mass is 9.97. The number of nitrogens with one attached hydrogen (secondary N) is 3. The highest BCUT2D eigenvalue weighted by molar-refractivity contribution is 7.90. The summed E-state index contributed by atoms with van der Waals surface area (Å²) in [5, 5.41) is 9.37. The molecular formula is C32H42N6O4S. The molecule has 2 amide bonds. The monoisotopic (exact) mass is 606 g/mol. The maximum atomic E-state index is 13.7. The highest BCUT2D eigenvalue weighted by Gasteiger charge is 2.24. The van der Waals surface area contributed by atoms with Crippen LogP contribution in [0.15, 0.2) is 67.0 Å². The Labute approximate surface area is 255 Å². The number of hydrogen-bond donors (Lipinski definition) is 3. The first-order chi connectivity index (χ1) is 20.5. The Balaban J connectivity index is 1.55. The number of amides is 2. The fourth-order valence-corrected chi connectivity index (χ4v) is 5.92. The first-order valence-electron chi connectivity index (χ1n) is 14.6. The van der Waals surface area contributed by atoms with E-state index in [9.17, 15) is 18.0 Å².